The van der Waals surface area contributed by atoms with Gasteiger partial charge in [-0.1, -0.05) is 163 Å². The van der Waals surface area contributed by atoms with Gasteiger partial charge in [0.25, 0.3) is 0 Å². The third-order valence-electron chi connectivity index (χ3n) is 9.87. The normalized spacial score (nSPS) is 12.2. The van der Waals surface area contributed by atoms with Crippen molar-refractivity contribution in [2.45, 2.75) is 189 Å². The number of unbranched alkanes of at least 4 members (excludes halogenated alkanes) is 16. The maximum Gasteiger partial charge on any atom is 0.308 e. The highest BCUT2D eigenvalue weighted by Crippen LogP contribution is 2.22. The Morgan fingerprint density at radius 2 is 0.796 bits per heavy atom. The van der Waals surface area contributed by atoms with Crippen LogP contribution in [0.4, 0.5) is 0 Å². The third-order valence-corrected chi connectivity index (χ3v) is 9.87. The van der Waals surface area contributed by atoms with Crippen LogP contribution in [0.2, 0.25) is 0 Å². The molecule has 0 radical (unpaired) electrons. The molecule has 1 atom stereocenters. The summed E-state index contributed by atoms with van der Waals surface area (Å²) in [5, 5.41) is 0. The number of rotatable bonds is 35. The molecule has 49 heavy (non-hydrogen) atoms. The van der Waals surface area contributed by atoms with Crippen LogP contribution in [0.15, 0.2) is 0 Å². The number of ether oxygens (including phenoxy) is 2. The summed E-state index contributed by atoms with van der Waals surface area (Å²) in [6, 6.07) is 0. The van der Waals surface area contributed by atoms with E-state index in [0.717, 1.165) is 77.0 Å². The molecule has 7 heteroatoms. The number of esters is 2. The zero-order chi connectivity index (χ0) is 36.5. The van der Waals surface area contributed by atoms with E-state index in [9.17, 15) is 14.4 Å². The van der Waals surface area contributed by atoms with Gasteiger partial charge >= 0.3 is 11.9 Å². The monoisotopic (exact) mass is 695 g/mol. The molecule has 1 unspecified atom stereocenters. The maximum absolute atomic E-state index is 13.5. The number of nitrogens with zero attached hydrogens (tertiary/aromatic N) is 2. The van der Waals surface area contributed by atoms with Crippen LogP contribution in [0, 0.1) is 17.8 Å². The first-order valence-corrected chi connectivity index (χ1v) is 21.0. The SMILES string of the molecule is CCCCCCCC(CCCCCCC)C(=O)OCCN(CCOC(=O)C(CCCCCCC)CCCCCCC)C(=O)C(C)CN(C)C. The molecule has 1 amide bonds. The van der Waals surface area contributed by atoms with Crippen molar-refractivity contribution in [3.8, 4) is 0 Å². The topological polar surface area (TPSA) is 76.1 Å². The highest BCUT2D eigenvalue weighted by Gasteiger charge is 2.25. The van der Waals surface area contributed by atoms with Crippen LogP contribution in [0.3, 0.4) is 0 Å². The molecule has 0 aromatic heterocycles. The summed E-state index contributed by atoms with van der Waals surface area (Å²) in [6.45, 7) is 12.4. The van der Waals surface area contributed by atoms with Gasteiger partial charge in [-0.05, 0) is 39.8 Å². The number of hydrogen-bond acceptors (Lipinski definition) is 6. The van der Waals surface area contributed by atoms with Crippen molar-refractivity contribution in [1.82, 2.24) is 9.80 Å². The lowest BCUT2D eigenvalue weighted by Gasteiger charge is -2.27. The van der Waals surface area contributed by atoms with Crippen LogP contribution >= 0.6 is 0 Å². The molecule has 0 N–H and O–H groups in total. The minimum absolute atomic E-state index is 0.00703. The fourth-order valence-electron chi connectivity index (χ4n) is 6.76. The Balaban J connectivity index is 5.27. The molecule has 0 saturated carbocycles. The lowest BCUT2D eigenvalue weighted by molar-refractivity contribution is -0.153. The van der Waals surface area contributed by atoms with Gasteiger partial charge in [0.2, 0.25) is 5.91 Å². The van der Waals surface area contributed by atoms with Crippen molar-refractivity contribution in [3.63, 3.8) is 0 Å². The minimum Gasteiger partial charge on any atom is -0.464 e. The molecule has 0 fully saturated rings. The molecule has 0 saturated heterocycles. The van der Waals surface area contributed by atoms with Gasteiger partial charge in [0, 0.05) is 12.5 Å². The Hall–Kier alpha value is -1.63. The van der Waals surface area contributed by atoms with Gasteiger partial charge in [0.1, 0.15) is 13.2 Å². The van der Waals surface area contributed by atoms with Crippen molar-refractivity contribution in [2.24, 2.45) is 17.8 Å². The summed E-state index contributed by atoms with van der Waals surface area (Å²) in [5.74, 6) is -0.575. The van der Waals surface area contributed by atoms with Gasteiger partial charge in [-0.25, -0.2) is 0 Å². The second-order valence-electron chi connectivity index (χ2n) is 15.0. The highest BCUT2D eigenvalue weighted by atomic mass is 16.5. The molecule has 0 aromatic carbocycles. The predicted molar refractivity (Wildman–Crippen MR) is 207 cm³/mol. The van der Waals surface area contributed by atoms with Crippen LogP contribution in [-0.2, 0) is 23.9 Å². The van der Waals surface area contributed by atoms with Gasteiger partial charge in [0.05, 0.1) is 24.9 Å². The van der Waals surface area contributed by atoms with E-state index in [4.69, 9.17) is 9.47 Å². The molecule has 0 aliphatic rings. The van der Waals surface area contributed by atoms with E-state index < -0.39 is 0 Å². The molecule has 0 aliphatic carbocycles. The molecule has 0 aromatic rings. The van der Waals surface area contributed by atoms with Gasteiger partial charge in [-0.2, -0.15) is 0 Å². The van der Waals surface area contributed by atoms with Crippen molar-refractivity contribution in [1.29, 1.82) is 0 Å². The van der Waals surface area contributed by atoms with Gasteiger partial charge in [-0.15, -0.1) is 0 Å². The van der Waals surface area contributed by atoms with E-state index in [1.807, 2.05) is 25.9 Å². The van der Waals surface area contributed by atoms with Crippen molar-refractivity contribution < 1.29 is 23.9 Å². The lowest BCUT2D eigenvalue weighted by Crippen LogP contribution is -2.43. The average molecular weight is 695 g/mol. The summed E-state index contributed by atoms with van der Waals surface area (Å²) in [7, 11) is 3.93. The number of amides is 1. The second kappa shape index (κ2) is 33.5. The second-order valence-corrected chi connectivity index (χ2v) is 15.0. The number of carbonyl (C=O) groups excluding carboxylic acids is 3. The molecular weight excluding hydrogens is 612 g/mol. The van der Waals surface area contributed by atoms with E-state index in [2.05, 4.69) is 27.7 Å². The van der Waals surface area contributed by atoms with Crippen LogP contribution in [0.5, 0.6) is 0 Å². The first-order chi connectivity index (χ1) is 23.7. The summed E-state index contributed by atoms with van der Waals surface area (Å²) >= 11 is 0. The summed E-state index contributed by atoms with van der Waals surface area (Å²) in [4.78, 5) is 43.8. The summed E-state index contributed by atoms with van der Waals surface area (Å²) in [5.41, 5.74) is 0. The Morgan fingerprint density at radius 1 is 0.490 bits per heavy atom. The summed E-state index contributed by atoms with van der Waals surface area (Å²) in [6.07, 6.45) is 27.1. The summed E-state index contributed by atoms with van der Waals surface area (Å²) < 4.78 is 11.7. The predicted octanol–water partition coefficient (Wildman–Crippen LogP) is 10.8. The third kappa shape index (κ3) is 26.8. The molecule has 0 rings (SSSR count). The molecule has 0 aliphatic heterocycles. The van der Waals surface area contributed by atoms with Crippen LogP contribution in [0.1, 0.15) is 189 Å². The Kier molecular flexibility index (Phi) is 32.4. The van der Waals surface area contributed by atoms with Crippen LogP contribution in [0.25, 0.3) is 0 Å². The smallest absolute Gasteiger partial charge is 0.308 e. The van der Waals surface area contributed by atoms with Gasteiger partial charge in [0.15, 0.2) is 0 Å². The van der Waals surface area contributed by atoms with Crippen LogP contribution < -0.4 is 0 Å². The number of carbonyl (C=O) groups is 3. The Labute approximate surface area is 304 Å². The lowest BCUT2D eigenvalue weighted by atomic mass is 9.94. The van der Waals surface area contributed by atoms with Crippen LogP contribution in [-0.4, -0.2) is 74.6 Å². The van der Waals surface area contributed by atoms with Gasteiger partial charge in [-0.3, -0.25) is 14.4 Å². The molecule has 0 bridgehead atoms. The zero-order valence-corrected chi connectivity index (χ0v) is 33.7. The highest BCUT2D eigenvalue weighted by molar-refractivity contribution is 5.79. The number of hydrogen-bond donors (Lipinski definition) is 0. The largest absolute Gasteiger partial charge is 0.464 e. The van der Waals surface area contributed by atoms with Gasteiger partial charge < -0.3 is 19.3 Å². The standard InChI is InChI=1S/C42H82N2O5/c1-8-12-16-20-24-28-38(29-25-21-17-13-9-2)41(46)48-34-32-44(40(45)37(5)36-43(6)7)33-35-49-42(47)39(30-26-22-18-14-10-3)31-27-23-19-15-11-4/h37-39H,8-36H2,1-7H3. The zero-order valence-electron chi connectivity index (χ0n) is 33.7. The molecule has 0 heterocycles. The fourth-order valence-corrected chi connectivity index (χ4v) is 6.76. The molecular formula is C42H82N2O5. The first kappa shape index (κ1) is 47.4. The van der Waals surface area contributed by atoms with Crippen molar-refractivity contribution >= 4 is 17.8 Å². The Morgan fingerprint density at radius 3 is 1.08 bits per heavy atom. The van der Waals surface area contributed by atoms with E-state index >= 15 is 0 Å². The van der Waals surface area contributed by atoms with E-state index in [0.29, 0.717) is 19.6 Å². The quantitative estimate of drug-likeness (QED) is 0.0485. The van der Waals surface area contributed by atoms with E-state index in [-0.39, 0.29) is 48.8 Å². The van der Waals surface area contributed by atoms with E-state index in [1.165, 1.54) is 77.0 Å². The molecule has 7 nitrogen and oxygen atoms in total. The first-order valence-electron chi connectivity index (χ1n) is 21.0. The average Bonchev–Trinajstić information content (AvgIpc) is 3.07. The maximum atomic E-state index is 13.5. The van der Waals surface area contributed by atoms with Crippen molar-refractivity contribution in [2.75, 3.05) is 46.9 Å². The van der Waals surface area contributed by atoms with E-state index in [1.54, 1.807) is 4.90 Å². The Bertz CT molecular complexity index is 711. The molecule has 0 spiro atoms. The fraction of sp³-hybridized carbons (Fsp3) is 0.929. The minimum atomic E-state index is -0.209. The molecule has 290 valence electrons. The van der Waals surface area contributed by atoms with Crippen molar-refractivity contribution in [3.05, 3.63) is 0 Å².